The summed E-state index contributed by atoms with van der Waals surface area (Å²) >= 11 is 0. The van der Waals surface area contributed by atoms with Crippen LogP contribution in [0.15, 0.2) is 24.3 Å². The highest BCUT2D eigenvalue weighted by atomic mass is 16.4. The van der Waals surface area contributed by atoms with Gasteiger partial charge in [0.15, 0.2) is 0 Å². The second-order valence-electron chi connectivity index (χ2n) is 3.63. The third-order valence-corrected chi connectivity index (χ3v) is 2.45. The van der Waals surface area contributed by atoms with E-state index in [4.69, 9.17) is 5.11 Å². The van der Waals surface area contributed by atoms with E-state index in [0.717, 1.165) is 11.6 Å². The van der Waals surface area contributed by atoms with Gasteiger partial charge in [0.1, 0.15) is 5.75 Å². The summed E-state index contributed by atoms with van der Waals surface area (Å²) in [5, 5.41) is 30.8. The van der Waals surface area contributed by atoms with E-state index in [-0.39, 0.29) is 17.3 Å². The number of aromatic hydroxyl groups is 1. The molecule has 0 atom stereocenters. The Labute approximate surface area is 97.5 Å². The van der Waals surface area contributed by atoms with Gasteiger partial charge in [-0.25, -0.2) is 4.79 Å². The van der Waals surface area contributed by atoms with Gasteiger partial charge in [-0.3, -0.25) is 0 Å². The summed E-state index contributed by atoms with van der Waals surface area (Å²) in [4.78, 5) is 10.8. The molecule has 0 radical (unpaired) electrons. The fraction of sp³-hybridized carbons (Fsp3) is 0.0833. The van der Waals surface area contributed by atoms with Crippen molar-refractivity contribution in [1.29, 1.82) is 0 Å². The smallest absolute Gasteiger partial charge is 0.335 e. The Morgan fingerprint density at radius 1 is 1.24 bits per heavy atom. The molecule has 2 aromatic carbocycles. The normalized spacial score (nSPS) is 9.94. The number of carboxylic acids is 1. The highest BCUT2D eigenvalue weighted by Crippen LogP contribution is 2.34. The van der Waals surface area contributed by atoms with Crippen LogP contribution in [0.4, 0.5) is 0 Å². The summed E-state index contributed by atoms with van der Waals surface area (Å²) < 4.78 is 0. The highest BCUT2D eigenvalue weighted by molar-refractivity contribution is 6.02. The first-order valence-corrected chi connectivity index (χ1v) is 4.67. The van der Waals surface area contributed by atoms with Crippen molar-refractivity contribution >= 4 is 16.7 Å². The molecular weight excluding hydrogens is 222 g/mol. The summed E-state index contributed by atoms with van der Waals surface area (Å²) in [7, 11) is 0. The number of hydrogen-bond acceptors (Lipinski definition) is 3. The van der Waals surface area contributed by atoms with Crippen LogP contribution in [0.5, 0.6) is 11.5 Å². The molecule has 0 amide bonds. The largest absolute Gasteiger partial charge is 0.871 e. The lowest BCUT2D eigenvalue weighted by Gasteiger charge is -2.15. The zero-order valence-electron chi connectivity index (χ0n) is 9.52. The summed E-state index contributed by atoms with van der Waals surface area (Å²) in [5.74, 6) is -2.08. The zero-order valence-corrected chi connectivity index (χ0v) is 9.52. The highest BCUT2D eigenvalue weighted by Gasteiger charge is 2.10. The van der Waals surface area contributed by atoms with Gasteiger partial charge in [0, 0.05) is 5.39 Å². The molecule has 0 aliphatic heterocycles. The minimum atomic E-state index is -1.33. The van der Waals surface area contributed by atoms with Gasteiger partial charge in [-0.1, -0.05) is 23.4 Å². The molecule has 0 saturated heterocycles. The number of hydrogen-bond donors (Lipinski definition) is 3. The average molecular weight is 235 g/mol. The van der Waals surface area contributed by atoms with Gasteiger partial charge < -0.3 is 21.5 Å². The fourth-order valence-electron chi connectivity index (χ4n) is 1.65. The Hall–Kier alpha value is -2.27. The number of phenols is 1. The molecule has 2 aromatic rings. The van der Waals surface area contributed by atoms with E-state index in [1.165, 1.54) is 6.07 Å². The number of carboxylic acid groups (broad SMARTS) is 1. The third-order valence-electron chi connectivity index (χ3n) is 2.45. The molecule has 0 spiro atoms. The van der Waals surface area contributed by atoms with Gasteiger partial charge in [0.2, 0.25) is 0 Å². The standard InChI is InChI=1S/C12H10O4.H3N/c1-6-2-3-7-8(4-6)10(13)5-9(11(7)14)12(15)16;/h2-5,13-14H,1H3,(H,15,16);1H3. The molecule has 5 nitrogen and oxygen atoms in total. The summed E-state index contributed by atoms with van der Waals surface area (Å²) in [6, 6.07) is 5.87. The van der Waals surface area contributed by atoms with Gasteiger partial charge >= 0.3 is 5.97 Å². The topological polar surface area (TPSA) is 117 Å². The summed E-state index contributed by atoms with van der Waals surface area (Å²) in [6.45, 7) is 1.83. The number of carbonyl (C=O) groups is 1. The molecule has 17 heavy (non-hydrogen) atoms. The number of phenolic OH excluding ortho intramolecular Hbond substituents is 1. The fourth-order valence-corrected chi connectivity index (χ4v) is 1.65. The molecule has 0 saturated carbocycles. The number of quaternary nitrogens is 1. The minimum Gasteiger partial charge on any atom is -0.871 e. The lowest BCUT2D eigenvalue weighted by molar-refractivity contribution is -0.266. The van der Waals surface area contributed by atoms with Crippen molar-refractivity contribution in [2.75, 3.05) is 0 Å². The average Bonchev–Trinajstić information content (AvgIpc) is 2.22. The Kier molecular flexibility index (Phi) is 3.24. The molecule has 0 heterocycles. The molecular formula is C12H13NO4. The molecule has 5 heteroatoms. The second-order valence-corrected chi connectivity index (χ2v) is 3.63. The quantitative estimate of drug-likeness (QED) is 0.700. The third kappa shape index (κ3) is 2.00. The van der Waals surface area contributed by atoms with Crippen LogP contribution in [0.1, 0.15) is 15.9 Å². The van der Waals surface area contributed by atoms with Crippen LogP contribution in [0.25, 0.3) is 10.8 Å². The monoisotopic (exact) mass is 235 g/mol. The van der Waals surface area contributed by atoms with Crippen LogP contribution >= 0.6 is 0 Å². The molecule has 0 unspecified atom stereocenters. The first kappa shape index (κ1) is 12.8. The number of aryl methyl sites for hydroxylation is 1. The van der Waals surface area contributed by atoms with Crippen LogP contribution in [0.2, 0.25) is 0 Å². The molecule has 6 N–H and O–H groups in total. The zero-order chi connectivity index (χ0) is 11.9. The van der Waals surface area contributed by atoms with E-state index in [2.05, 4.69) is 0 Å². The maximum Gasteiger partial charge on any atom is 0.335 e. The first-order valence-electron chi connectivity index (χ1n) is 4.67. The van der Waals surface area contributed by atoms with Gasteiger partial charge in [-0.2, -0.15) is 0 Å². The number of aromatic carboxylic acids is 1. The van der Waals surface area contributed by atoms with Crippen molar-refractivity contribution < 1.29 is 20.1 Å². The minimum absolute atomic E-state index is 0. The molecule has 0 aliphatic rings. The van der Waals surface area contributed by atoms with E-state index >= 15 is 0 Å². The van der Waals surface area contributed by atoms with Gasteiger partial charge in [0.25, 0.3) is 0 Å². The maximum atomic E-state index is 11.7. The van der Waals surface area contributed by atoms with Crippen molar-refractivity contribution in [3.63, 3.8) is 0 Å². The van der Waals surface area contributed by atoms with Crippen LogP contribution in [0, 0.1) is 6.92 Å². The molecule has 0 bridgehead atoms. The van der Waals surface area contributed by atoms with Crippen LogP contribution in [0.3, 0.4) is 0 Å². The van der Waals surface area contributed by atoms with Crippen molar-refractivity contribution in [2.45, 2.75) is 6.92 Å². The van der Waals surface area contributed by atoms with Crippen molar-refractivity contribution in [1.82, 2.24) is 6.15 Å². The lowest BCUT2D eigenvalue weighted by atomic mass is 10.0. The molecule has 0 fully saturated rings. The molecule has 2 rings (SSSR count). The Morgan fingerprint density at radius 3 is 2.47 bits per heavy atom. The van der Waals surface area contributed by atoms with E-state index in [1.54, 1.807) is 12.1 Å². The number of rotatable bonds is 1. The van der Waals surface area contributed by atoms with Crippen molar-refractivity contribution in [3.8, 4) is 11.5 Å². The number of benzene rings is 2. The van der Waals surface area contributed by atoms with Crippen molar-refractivity contribution in [3.05, 3.63) is 35.4 Å². The Bertz CT molecular complexity index is 593. The maximum absolute atomic E-state index is 11.7. The SMILES string of the molecule is Cc1ccc2c([O-])c(C(=O)O)cc(O)c2c1.[NH4+]. The van der Waals surface area contributed by atoms with Gasteiger partial charge in [-0.15, -0.1) is 0 Å². The molecule has 0 aromatic heterocycles. The predicted octanol–water partition coefficient (Wildman–Crippen LogP) is 2.00. The second kappa shape index (κ2) is 4.31. The van der Waals surface area contributed by atoms with E-state index in [1.807, 2.05) is 6.92 Å². The van der Waals surface area contributed by atoms with Crippen LogP contribution in [-0.4, -0.2) is 16.2 Å². The van der Waals surface area contributed by atoms with E-state index < -0.39 is 17.3 Å². The molecule has 0 aliphatic carbocycles. The van der Waals surface area contributed by atoms with Crippen LogP contribution < -0.4 is 11.3 Å². The predicted molar refractivity (Wildman–Crippen MR) is 62.7 cm³/mol. The van der Waals surface area contributed by atoms with Gasteiger partial charge in [0.05, 0.1) is 5.56 Å². The first-order chi connectivity index (χ1) is 7.50. The van der Waals surface area contributed by atoms with E-state index in [0.29, 0.717) is 5.39 Å². The molecule has 90 valence electrons. The van der Waals surface area contributed by atoms with Gasteiger partial charge in [-0.05, 0) is 24.4 Å². The van der Waals surface area contributed by atoms with E-state index in [9.17, 15) is 15.0 Å². The van der Waals surface area contributed by atoms with Crippen molar-refractivity contribution in [2.24, 2.45) is 0 Å². The Balaban J connectivity index is 0.00000144. The van der Waals surface area contributed by atoms with Crippen LogP contribution in [-0.2, 0) is 0 Å². The Morgan fingerprint density at radius 2 is 1.88 bits per heavy atom. The lowest BCUT2D eigenvalue weighted by Crippen LogP contribution is -2.04. The number of fused-ring (bicyclic) bond motifs is 1. The summed E-state index contributed by atoms with van der Waals surface area (Å²) in [6.07, 6.45) is 0. The summed E-state index contributed by atoms with van der Waals surface area (Å²) in [5.41, 5.74) is 0.485.